The van der Waals surface area contributed by atoms with Gasteiger partial charge in [0.2, 0.25) is 5.91 Å². The average molecular weight is 383 g/mol. The van der Waals surface area contributed by atoms with E-state index in [1.807, 2.05) is 30.5 Å². The Hall–Kier alpha value is -1.98. The number of nitrogens with one attached hydrogen (secondary N) is 1. The standard InChI is InChI=1S/C18H22N4O.2ClH/c19-15-6-4-14(5-7-15)12-18(23)21-17-9-8-16(13-20-17)22-10-2-1-3-11-22;;/h4-9,13H,1-3,10-12,19H2,(H,20,21,23);2*1H. The number of nitrogen functional groups attached to an aromatic ring is 1. The molecule has 136 valence electrons. The van der Waals surface area contributed by atoms with Crippen LogP contribution >= 0.6 is 24.8 Å². The number of benzene rings is 1. The maximum atomic E-state index is 12.1. The molecule has 1 aromatic heterocycles. The number of nitrogens with zero attached hydrogens (tertiary/aromatic N) is 2. The van der Waals surface area contributed by atoms with Gasteiger partial charge in [-0.3, -0.25) is 4.79 Å². The molecule has 2 heterocycles. The van der Waals surface area contributed by atoms with Gasteiger partial charge in [-0.15, -0.1) is 24.8 Å². The van der Waals surface area contributed by atoms with Gasteiger partial charge in [-0.2, -0.15) is 0 Å². The first-order chi connectivity index (χ1) is 11.2. The van der Waals surface area contributed by atoms with E-state index in [0.717, 1.165) is 24.3 Å². The van der Waals surface area contributed by atoms with Crippen LogP contribution in [0.1, 0.15) is 24.8 Å². The lowest BCUT2D eigenvalue weighted by Gasteiger charge is -2.28. The van der Waals surface area contributed by atoms with Crippen molar-refractivity contribution in [2.45, 2.75) is 25.7 Å². The van der Waals surface area contributed by atoms with E-state index in [9.17, 15) is 4.79 Å². The van der Waals surface area contributed by atoms with Gasteiger partial charge >= 0.3 is 0 Å². The van der Waals surface area contributed by atoms with Crippen molar-refractivity contribution < 1.29 is 4.79 Å². The maximum absolute atomic E-state index is 12.1. The van der Waals surface area contributed by atoms with Crippen LogP contribution in [0.4, 0.5) is 17.2 Å². The number of hydrogen-bond acceptors (Lipinski definition) is 4. The summed E-state index contributed by atoms with van der Waals surface area (Å²) < 4.78 is 0. The van der Waals surface area contributed by atoms with Gasteiger partial charge < -0.3 is 16.0 Å². The van der Waals surface area contributed by atoms with Crippen LogP contribution in [0, 0.1) is 0 Å². The number of aromatic nitrogens is 1. The van der Waals surface area contributed by atoms with Gasteiger partial charge in [0.05, 0.1) is 18.3 Å². The van der Waals surface area contributed by atoms with Gasteiger partial charge in [-0.05, 0) is 49.1 Å². The lowest BCUT2D eigenvalue weighted by atomic mass is 10.1. The number of pyridine rings is 1. The fourth-order valence-electron chi connectivity index (χ4n) is 2.81. The number of piperidine rings is 1. The number of halogens is 2. The lowest BCUT2D eigenvalue weighted by molar-refractivity contribution is -0.115. The Bertz CT molecular complexity index is 656. The molecule has 25 heavy (non-hydrogen) atoms. The molecule has 7 heteroatoms. The molecule has 1 amide bonds. The van der Waals surface area contributed by atoms with E-state index in [1.54, 1.807) is 12.1 Å². The molecule has 0 aliphatic carbocycles. The van der Waals surface area contributed by atoms with Crippen LogP contribution in [0.15, 0.2) is 42.6 Å². The monoisotopic (exact) mass is 382 g/mol. The van der Waals surface area contributed by atoms with Crippen molar-refractivity contribution in [3.05, 3.63) is 48.2 Å². The summed E-state index contributed by atoms with van der Waals surface area (Å²) in [7, 11) is 0. The normalized spacial score (nSPS) is 13.4. The van der Waals surface area contributed by atoms with Crippen LogP contribution in [0.25, 0.3) is 0 Å². The molecule has 2 aromatic rings. The molecule has 0 spiro atoms. The summed E-state index contributed by atoms with van der Waals surface area (Å²) >= 11 is 0. The molecular formula is C18H24Cl2N4O. The van der Waals surface area contributed by atoms with Crippen molar-refractivity contribution in [1.29, 1.82) is 0 Å². The number of nitrogens with two attached hydrogens (primary N) is 1. The van der Waals surface area contributed by atoms with Gasteiger partial charge in [0.25, 0.3) is 0 Å². The number of carbonyl (C=O) groups is 1. The second-order valence-electron chi connectivity index (χ2n) is 5.92. The number of carbonyl (C=O) groups excluding carboxylic acids is 1. The maximum Gasteiger partial charge on any atom is 0.229 e. The molecule has 1 aliphatic rings. The number of amides is 1. The topological polar surface area (TPSA) is 71.2 Å². The molecular weight excluding hydrogens is 359 g/mol. The SMILES string of the molecule is Cl.Cl.Nc1ccc(CC(=O)Nc2ccc(N3CCCCC3)cn2)cc1. The molecule has 3 N–H and O–H groups in total. The summed E-state index contributed by atoms with van der Waals surface area (Å²) in [5, 5.41) is 2.84. The second-order valence-corrected chi connectivity index (χ2v) is 5.92. The third-order valence-corrected chi connectivity index (χ3v) is 4.08. The van der Waals surface area contributed by atoms with Crippen LogP contribution in [0.3, 0.4) is 0 Å². The first-order valence-electron chi connectivity index (χ1n) is 8.06. The van der Waals surface area contributed by atoms with Crippen molar-refractivity contribution in [2.75, 3.05) is 29.0 Å². The van der Waals surface area contributed by atoms with Crippen LogP contribution in [-0.4, -0.2) is 24.0 Å². The fourth-order valence-corrected chi connectivity index (χ4v) is 2.81. The Morgan fingerprint density at radius 2 is 1.72 bits per heavy atom. The molecule has 0 atom stereocenters. The number of rotatable bonds is 4. The Morgan fingerprint density at radius 3 is 2.32 bits per heavy atom. The van der Waals surface area contributed by atoms with Crippen molar-refractivity contribution in [3.63, 3.8) is 0 Å². The molecule has 0 saturated carbocycles. The second kappa shape index (κ2) is 10.1. The number of hydrogen-bond donors (Lipinski definition) is 2. The smallest absolute Gasteiger partial charge is 0.229 e. The fraction of sp³-hybridized carbons (Fsp3) is 0.333. The van der Waals surface area contributed by atoms with Gasteiger partial charge in [0.15, 0.2) is 0 Å². The molecule has 3 rings (SSSR count). The highest BCUT2D eigenvalue weighted by Crippen LogP contribution is 2.20. The summed E-state index contributed by atoms with van der Waals surface area (Å²) in [6, 6.07) is 11.2. The number of anilines is 3. The summed E-state index contributed by atoms with van der Waals surface area (Å²) in [6.07, 6.45) is 5.93. The Balaban J connectivity index is 0.00000156. The largest absolute Gasteiger partial charge is 0.399 e. The van der Waals surface area contributed by atoms with Gasteiger partial charge in [-0.1, -0.05) is 12.1 Å². The first-order valence-corrected chi connectivity index (χ1v) is 8.06. The van der Waals surface area contributed by atoms with Gasteiger partial charge in [-0.25, -0.2) is 4.98 Å². The summed E-state index contributed by atoms with van der Waals surface area (Å²) in [6.45, 7) is 2.18. The third-order valence-electron chi connectivity index (χ3n) is 4.08. The third kappa shape index (κ3) is 6.11. The summed E-state index contributed by atoms with van der Waals surface area (Å²) in [5.74, 6) is 0.513. The van der Waals surface area contributed by atoms with E-state index in [2.05, 4.69) is 15.2 Å². The van der Waals surface area contributed by atoms with Crippen LogP contribution in [-0.2, 0) is 11.2 Å². The van der Waals surface area contributed by atoms with E-state index in [1.165, 1.54) is 19.3 Å². The molecule has 5 nitrogen and oxygen atoms in total. The van der Waals surface area contributed by atoms with E-state index in [-0.39, 0.29) is 30.7 Å². The molecule has 1 aliphatic heterocycles. The van der Waals surface area contributed by atoms with Crippen molar-refractivity contribution >= 4 is 47.9 Å². The minimum Gasteiger partial charge on any atom is -0.399 e. The highest BCUT2D eigenvalue weighted by atomic mass is 35.5. The van der Waals surface area contributed by atoms with Crippen LogP contribution in [0.2, 0.25) is 0 Å². The molecule has 0 radical (unpaired) electrons. The van der Waals surface area contributed by atoms with Crippen LogP contribution in [0.5, 0.6) is 0 Å². The Labute approximate surface area is 160 Å². The summed E-state index contributed by atoms with van der Waals surface area (Å²) in [4.78, 5) is 18.8. The average Bonchev–Trinajstić information content (AvgIpc) is 2.58. The van der Waals surface area contributed by atoms with Gasteiger partial charge in [0.1, 0.15) is 5.82 Å². The predicted molar refractivity (Wildman–Crippen MR) is 108 cm³/mol. The van der Waals surface area contributed by atoms with Crippen LogP contribution < -0.4 is 16.0 Å². The first kappa shape index (κ1) is 21.1. The molecule has 0 bridgehead atoms. The molecule has 1 aromatic carbocycles. The minimum atomic E-state index is -0.0759. The highest BCUT2D eigenvalue weighted by molar-refractivity contribution is 5.91. The quantitative estimate of drug-likeness (QED) is 0.791. The van der Waals surface area contributed by atoms with E-state index >= 15 is 0 Å². The zero-order valence-corrected chi connectivity index (χ0v) is 15.6. The Morgan fingerprint density at radius 1 is 1.04 bits per heavy atom. The molecule has 1 fully saturated rings. The van der Waals surface area contributed by atoms with Crippen molar-refractivity contribution in [3.8, 4) is 0 Å². The van der Waals surface area contributed by atoms with Gasteiger partial charge in [0, 0.05) is 18.8 Å². The highest BCUT2D eigenvalue weighted by Gasteiger charge is 2.11. The minimum absolute atomic E-state index is 0. The van der Waals surface area contributed by atoms with Crippen molar-refractivity contribution in [2.24, 2.45) is 0 Å². The lowest BCUT2D eigenvalue weighted by Crippen LogP contribution is -2.29. The van der Waals surface area contributed by atoms with E-state index in [4.69, 9.17) is 5.73 Å². The predicted octanol–water partition coefficient (Wildman–Crippen LogP) is 3.68. The Kier molecular flexibility index (Phi) is 8.52. The molecule has 0 unspecified atom stereocenters. The zero-order chi connectivity index (χ0) is 16.1. The van der Waals surface area contributed by atoms with Crippen molar-refractivity contribution in [1.82, 2.24) is 4.98 Å². The van der Waals surface area contributed by atoms with E-state index in [0.29, 0.717) is 17.9 Å². The van der Waals surface area contributed by atoms with E-state index < -0.39 is 0 Å². The molecule has 1 saturated heterocycles. The zero-order valence-electron chi connectivity index (χ0n) is 14.0. The summed E-state index contributed by atoms with van der Waals surface area (Å²) in [5.41, 5.74) is 8.40.